The van der Waals surface area contributed by atoms with E-state index in [-0.39, 0.29) is 11.7 Å². The van der Waals surface area contributed by atoms with Crippen LogP contribution in [0.4, 0.5) is 0 Å². The fourth-order valence-corrected chi connectivity index (χ4v) is 2.33. The highest BCUT2D eigenvalue weighted by Gasteiger charge is 2.16. The summed E-state index contributed by atoms with van der Waals surface area (Å²) in [4.78, 5) is 35.3. The molecule has 6 nitrogen and oxygen atoms in total. The summed E-state index contributed by atoms with van der Waals surface area (Å²) < 4.78 is 5.46. The molecule has 1 aromatic carbocycles. The molecule has 0 aliphatic rings. The van der Waals surface area contributed by atoms with Crippen molar-refractivity contribution in [2.75, 3.05) is 0 Å². The first-order chi connectivity index (χ1) is 11.0. The van der Waals surface area contributed by atoms with Crippen molar-refractivity contribution < 1.29 is 19.1 Å². The Kier molecular flexibility index (Phi) is 5.48. The third-order valence-electron chi connectivity index (χ3n) is 2.99. The lowest BCUT2D eigenvalue weighted by Crippen LogP contribution is -2.47. The molecule has 2 amide bonds. The molecule has 7 heteroatoms. The van der Waals surface area contributed by atoms with E-state index < -0.39 is 12.0 Å². The van der Waals surface area contributed by atoms with Gasteiger partial charge >= 0.3 is 0 Å². The topological polar surface area (TPSA) is 84.5 Å². The number of carbonyl (C=O) groups is 3. The van der Waals surface area contributed by atoms with Crippen LogP contribution in [-0.2, 0) is 4.79 Å². The summed E-state index contributed by atoms with van der Waals surface area (Å²) >= 11 is 1.28. The third-order valence-corrected chi connectivity index (χ3v) is 3.86. The molecule has 0 bridgehead atoms. The van der Waals surface area contributed by atoms with Crippen LogP contribution in [0, 0.1) is 0 Å². The number of thiophene rings is 1. The Morgan fingerprint density at radius 2 is 1.78 bits per heavy atom. The number of rotatable bonds is 5. The highest BCUT2D eigenvalue weighted by molar-refractivity contribution is 7.12. The van der Waals surface area contributed by atoms with Crippen molar-refractivity contribution in [1.82, 2.24) is 10.9 Å². The molecule has 0 saturated carbocycles. The summed E-state index contributed by atoms with van der Waals surface area (Å²) in [6.07, 6.45) is -0.804. The van der Waals surface area contributed by atoms with Crippen LogP contribution in [0.5, 0.6) is 5.75 Å². The van der Waals surface area contributed by atoms with E-state index in [1.54, 1.807) is 48.7 Å². The molecule has 0 fully saturated rings. The number of benzene rings is 1. The van der Waals surface area contributed by atoms with E-state index >= 15 is 0 Å². The van der Waals surface area contributed by atoms with Gasteiger partial charge in [0.05, 0.1) is 4.88 Å². The Bertz CT molecular complexity index is 695. The molecule has 1 unspecified atom stereocenters. The number of hydrogen-bond donors (Lipinski definition) is 2. The Morgan fingerprint density at radius 1 is 1.09 bits per heavy atom. The normalized spacial score (nSPS) is 11.4. The van der Waals surface area contributed by atoms with Gasteiger partial charge in [0.15, 0.2) is 11.9 Å². The molecule has 1 aromatic heterocycles. The van der Waals surface area contributed by atoms with Gasteiger partial charge in [0, 0.05) is 5.56 Å². The van der Waals surface area contributed by atoms with Gasteiger partial charge in [-0.15, -0.1) is 11.3 Å². The molecule has 0 saturated heterocycles. The van der Waals surface area contributed by atoms with Crippen LogP contribution < -0.4 is 15.6 Å². The minimum absolute atomic E-state index is 0.0429. The molecule has 2 N–H and O–H groups in total. The SMILES string of the molecule is CC(=O)c1ccc(OC(C)C(=O)NNC(=O)c2cccs2)cc1. The van der Waals surface area contributed by atoms with Crippen LogP contribution in [0.25, 0.3) is 0 Å². The Balaban J connectivity index is 1.85. The zero-order chi connectivity index (χ0) is 16.8. The van der Waals surface area contributed by atoms with Crippen molar-refractivity contribution in [3.05, 3.63) is 52.2 Å². The standard InChI is InChI=1S/C16H16N2O4S/c1-10(19)12-5-7-13(8-6-12)22-11(2)15(20)17-18-16(21)14-4-3-9-23-14/h3-9,11H,1-2H3,(H,17,20)(H,18,21). The fourth-order valence-electron chi connectivity index (χ4n) is 1.72. The van der Waals surface area contributed by atoms with Gasteiger partial charge in [-0.25, -0.2) is 0 Å². The highest BCUT2D eigenvalue weighted by atomic mass is 32.1. The highest BCUT2D eigenvalue weighted by Crippen LogP contribution is 2.14. The van der Waals surface area contributed by atoms with E-state index in [0.29, 0.717) is 16.2 Å². The van der Waals surface area contributed by atoms with Crippen molar-refractivity contribution >= 4 is 28.9 Å². The summed E-state index contributed by atoms with van der Waals surface area (Å²) in [5.74, 6) is -0.447. The first kappa shape index (κ1) is 16.7. The van der Waals surface area contributed by atoms with E-state index in [1.807, 2.05) is 0 Å². The number of hydrazine groups is 1. The minimum atomic E-state index is -0.804. The second-order valence-corrected chi connectivity index (χ2v) is 5.71. The summed E-state index contributed by atoms with van der Waals surface area (Å²) in [5, 5.41) is 1.77. The third kappa shape index (κ3) is 4.65. The monoisotopic (exact) mass is 332 g/mol. The smallest absolute Gasteiger partial charge is 0.279 e. The van der Waals surface area contributed by atoms with Crippen molar-refractivity contribution in [2.24, 2.45) is 0 Å². The van der Waals surface area contributed by atoms with Crippen LogP contribution in [0.1, 0.15) is 33.9 Å². The van der Waals surface area contributed by atoms with Gasteiger partial charge in [-0.05, 0) is 49.6 Å². The lowest BCUT2D eigenvalue weighted by Gasteiger charge is -2.15. The van der Waals surface area contributed by atoms with E-state index in [2.05, 4.69) is 10.9 Å². The fraction of sp³-hybridized carbons (Fsp3) is 0.188. The molecule has 0 aliphatic carbocycles. The largest absolute Gasteiger partial charge is 0.481 e. The van der Waals surface area contributed by atoms with Crippen LogP contribution >= 0.6 is 11.3 Å². The van der Waals surface area contributed by atoms with Crippen LogP contribution in [-0.4, -0.2) is 23.7 Å². The van der Waals surface area contributed by atoms with Gasteiger partial charge in [-0.2, -0.15) is 0 Å². The molecule has 23 heavy (non-hydrogen) atoms. The molecule has 1 atom stereocenters. The molecule has 0 aliphatic heterocycles. The van der Waals surface area contributed by atoms with Crippen molar-refractivity contribution in [3.8, 4) is 5.75 Å². The summed E-state index contributed by atoms with van der Waals surface area (Å²) in [7, 11) is 0. The van der Waals surface area contributed by atoms with Gasteiger partial charge in [0.25, 0.3) is 11.8 Å². The maximum atomic E-state index is 11.9. The quantitative estimate of drug-likeness (QED) is 0.649. The van der Waals surface area contributed by atoms with Crippen molar-refractivity contribution in [2.45, 2.75) is 20.0 Å². The van der Waals surface area contributed by atoms with E-state index in [0.717, 1.165) is 0 Å². The summed E-state index contributed by atoms with van der Waals surface area (Å²) in [5.41, 5.74) is 5.20. The second-order valence-electron chi connectivity index (χ2n) is 4.76. The zero-order valence-electron chi connectivity index (χ0n) is 12.7. The molecule has 1 heterocycles. The van der Waals surface area contributed by atoms with E-state index in [4.69, 9.17) is 4.74 Å². The van der Waals surface area contributed by atoms with Crippen LogP contribution in [0.15, 0.2) is 41.8 Å². The minimum Gasteiger partial charge on any atom is -0.481 e. The predicted octanol–water partition coefficient (Wildman–Crippen LogP) is 2.18. The van der Waals surface area contributed by atoms with Gasteiger partial charge < -0.3 is 4.74 Å². The second kappa shape index (κ2) is 7.55. The lowest BCUT2D eigenvalue weighted by atomic mass is 10.1. The number of ketones is 1. The van der Waals surface area contributed by atoms with Gasteiger partial charge in [-0.3, -0.25) is 25.2 Å². The van der Waals surface area contributed by atoms with Gasteiger partial charge in [0.1, 0.15) is 5.75 Å². The first-order valence-corrected chi connectivity index (χ1v) is 7.76. The predicted molar refractivity (Wildman–Crippen MR) is 86.5 cm³/mol. The van der Waals surface area contributed by atoms with Gasteiger partial charge in [-0.1, -0.05) is 6.07 Å². The molecule has 0 radical (unpaired) electrons. The molecule has 2 rings (SSSR count). The number of nitrogens with one attached hydrogen (secondary N) is 2. The number of Topliss-reactive ketones (excluding diaryl/α,β-unsaturated/α-hetero) is 1. The molecular formula is C16H16N2O4S. The molecule has 120 valence electrons. The molecule has 0 spiro atoms. The average molecular weight is 332 g/mol. The zero-order valence-corrected chi connectivity index (χ0v) is 13.5. The maximum absolute atomic E-state index is 11.9. The summed E-state index contributed by atoms with van der Waals surface area (Å²) in [6, 6.07) is 9.89. The number of ether oxygens (including phenoxy) is 1. The summed E-state index contributed by atoms with van der Waals surface area (Å²) in [6.45, 7) is 3.04. The number of hydrogen-bond acceptors (Lipinski definition) is 5. The Morgan fingerprint density at radius 3 is 2.35 bits per heavy atom. The molecule has 2 aromatic rings. The van der Waals surface area contributed by atoms with Crippen LogP contribution in [0.3, 0.4) is 0 Å². The number of amides is 2. The van der Waals surface area contributed by atoms with Crippen molar-refractivity contribution in [1.29, 1.82) is 0 Å². The van der Waals surface area contributed by atoms with Gasteiger partial charge in [0.2, 0.25) is 0 Å². The number of carbonyl (C=O) groups excluding carboxylic acids is 3. The van der Waals surface area contributed by atoms with E-state index in [1.165, 1.54) is 18.3 Å². The average Bonchev–Trinajstić information content (AvgIpc) is 3.07. The van der Waals surface area contributed by atoms with E-state index in [9.17, 15) is 14.4 Å². The Labute approximate surface area is 137 Å². The first-order valence-electron chi connectivity index (χ1n) is 6.88. The lowest BCUT2D eigenvalue weighted by molar-refractivity contribution is -0.128. The molecular weight excluding hydrogens is 316 g/mol. The maximum Gasteiger partial charge on any atom is 0.279 e. The van der Waals surface area contributed by atoms with Crippen molar-refractivity contribution in [3.63, 3.8) is 0 Å². The van der Waals surface area contributed by atoms with Crippen LogP contribution in [0.2, 0.25) is 0 Å². The Hall–Kier alpha value is -2.67.